The second-order valence-electron chi connectivity index (χ2n) is 5.92. The molecule has 0 amide bonds. The molecule has 0 bridgehead atoms. The number of hydrogen-bond donors (Lipinski definition) is 1. The van der Waals surface area contributed by atoms with Gasteiger partial charge in [0, 0.05) is 4.88 Å². The lowest BCUT2D eigenvalue weighted by atomic mass is 9.89. The van der Waals surface area contributed by atoms with E-state index in [9.17, 15) is 9.59 Å². The van der Waals surface area contributed by atoms with Gasteiger partial charge in [0.05, 0.1) is 12.0 Å². The number of nitrogens with one attached hydrogen (secondary N) is 1. The van der Waals surface area contributed by atoms with Crippen LogP contribution < -0.4 is 5.56 Å². The molecule has 1 aliphatic carbocycles. The lowest BCUT2D eigenvalue weighted by Crippen LogP contribution is -2.18. The Hall–Kier alpha value is -1.34. The number of esters is 1. The van der Waals surface area contributed by atoms with Crippen LogP contribution >= 0.6 is 23.1 Å². The third-order valence-electron chi connectivity index (χ3n) is 4.05. The van der Waals surface area contributed by atoms with Crippen molar-refractivity contribution in [3.05, 3.63) is 20.8 Å². The standard InChI is InChI=1S/C16H20N2O3S2/c1-4-21-15(20)9(3)22-16-17-13(19)12-10-6-5-8(2)7-11(10)23-14(12)18-16/h8-9H,4-7H2,1-3H3,(H,17,18,19)/t8-,9-/m1/s1. The number of ether oxygens (including phenoxy) is 1. The van der Waals surface area contributed by atoms with Crippen molar-refractivity contribution in [1.82, 2.24) is 9.97 Å². The SMILES string of the molecule is CCOC(=O)[C@@H](C)Sc1nc2sc3c(c2c(=O)[nH]1)CC[C@@H](C)C3. The molecule has 0 saturated carbocycles. The molecule has 2 aromatic rings. The first-order valence-electron chi connectivity index (χ1n) is 7.87. The maximum absolute atomic E-state index is 12.5. The second-order valence-corrected chi connectivity index (χ2v) is 8.33. The third kappa shape index (κ3) is 3.30. The highest BCUT2D eigenvalue weighted by molar-refractivity contribution is 8.00. The Morgan fingerprint density at radius 2 is 2.35 bits per heavy atom. The van der Waals surface area contributed by atoms with Crippen molar-refractivity contribution in [3.63, 3.8) is 0 Å². The highest BCUT2D eigenvalue weighted by Crippen LogP contribution is 2.36. The molecular weight excluding hydrogens is 332 g/mol. The fourth-order valence-corrected chi connectivity index (χ4v) is 5.10. The van der Waals surface area contributed by atoms with E-state index in [0.717, 1.165) is 29.5 Å². The van der Waals surface area contributed by atoms with Crippen molar-refractivity contribution in [1.29, 1.82) is 0 Å². The highest BCUT2D eigenvalue weighted by atomic mass is 32.2. The average Bonchev–Trinajstić information content (AvgIpc) is 2.84. The van der Waals surface area contributed by atoms with E-state index in [1.165, 1.54) is 22.2 Å². The summed E-state index contributed by atoms with van der Waals surface area (Å²) >= 11 is 2.85. The van der Waals surface area contributed by atoms with Crippen LogP contribution in [0.3, 0.4) is 0 Å². The summed E-state index contributed by atoms with van der Waals surface area (Å²) in [5.41, 5.74) is 1.08. The Morgan fingerprint density at radius 1 is 1.57 bits per heavy atom. The van der Waals surface area contributed by atoms with Crippen molar-refractivity contribution in [2.75, 3.05) is 6.61 Å². The van der Waals surface area contributed by atoms with Gasteiger partial charge in [0.15, 0.2) is 5.16 Å². The average molecular weight is 352 g/mol. The molecule has 0 radical (unpaired) electrons. The predicted molar refractivity (Wildman–Crippen MR) is 93.4 cm³/mol. The van der Waals surface area contributed by atoms with Crippen LogP contribution in [-0.2, 0) is 22.4 Å². The molecule has 0 spiro atoms. The summed E-state index contributed by atoms with van der Waals surface area (Å²) in [4.78, 5) is 33.7. The van der Waals surface area contributed by atoms with E-state index in [-0.39, 0.29) is 11.5 Å². The number of thioether (sulfide) groups is 1. The normalized spacial score (nSPS) is 18.7. The van der Waals surface area contributed by atoms with E-state index < -0.39 is 5.25 Å². The van der Waals surface area contributed by atoms with E-state index in [2.05, 4.69) is 16.9 Å². The molecule has 5 nitrogen and oxygen atoms in total. The van der Waals surface area contributed by atoms with Crippen LogP contribution in [0.25, 0.3) is 10.2 Å². The first kappa shape index (κ1) is 16.5. The van der Waals surface area contributed by atoms with Crippen molar-refractivity contribution < 1.29 is 9.53 Å². The summed E-state index contributed by atoms with van der Waals surface area (Å²) in [7, 11) is 0. The van der Waals surface area contributed by atoms with Gasteiger partial charge in [-0.2, -0.15) is 0 Å². The molecule has 124 valence electrons. The van der Waals surface area contributed by atoms with Crippen LogP contribution in [-0.4, -0.2) is 27.8 Å². The Balaban J connectivity index is 1.93. The third-order valence-corrected chi connectivity index (χ3v) is 6.16. The van der Waals surface area contributed by atoms with E-state index >= 15 is 0 Å². The summed E-state index contributed by atoms with van der Waals surface area (Å²) < 4.78 is 4.99. The highest BCUT2D eigenvalue weighted by Gasteiger charge is 2.24. The maximum Gasteiger partial charge on any atom is 0.319 e. The molecule has 2 heterocycles. The van der Waals surface area contributed by atoms with E-state index in [1.54, 1.807) is 25.2 Å². The zero-order valence-corrected chi connectivity index (χ0v) is 15.1. The van der Waals surface area contributed by atoms with Crippen LogP contribution in [0.4, 0.5) is 0 Å². The number of nitrogens with zero attached hydrogens (tertiary/aromatic N) is 1. The number of hydrogen-bond acceptors (Lipinski definition) is 6. The van der Waals surface area contributed by atoms with Gasteiger partial charge >= 0.3 is 5.97 Å². The van der Waals surface area contributed by atoms with Crippen LogP contribution in [0.15, 0.2) is 9.95 Å². The van der Waals surface area contributed by atoms with Crippen LogP contribution in [0.5, 0.6) is 0 Å². The Morgan fingerprint density at radius 3 is 3.09 bits per heavy atom. The monoisotopic (exact) mass is 352 g/mol. The zero-order chi connectivity index (χ0) is 16.6. The fourth-order valence-electron chi connectivity index (χ4n) is 2.86. The molecule has 0 saturated heterocycles. The first-order valence-corrected chi connectivity index (χ1v) is 9.57. The number of aromatic amines is 1. The lowest BCUT2D eigenvalue weighted by Gasteiger charge is -2.17. The van der Waals surface area contributed by atoms with Gasteiger partial charge < -0.3 is 9.72 Å². The molecule has 23 heavy (non-hydrogen) atoms. The minimum Gasteiger partial charge on any atom is -0.465 e. The minimum absolute atomic E-state index is 0.0967. The van der Waals surface area contributed by atoms with Crippen molar-refractivity contribution in [3.8, 4) is 0 Å². The smallest absolute Gasteiger partial charge is 0.319 e. The molecule has 2 atom stereocenters. The number of aromatic nitrogens is 2. The Bertz CT molecular complexity index is 796. The van der Waals surface area contributed by atoms with Crippen LogP contribution in [0, 0.1) is 5.92 Å². The largest absolute Gasteiger partial charge is 0.465 e. The summed E-state index contributed by atoms with van der Waals surface area (Å²) in [5, 5.41) is 0.824. The van der Waals surface area contributed by atoms with Gasteiger partial charge in [-0.1, -0.05) is 18.7 Å². The molecule has 2 aromatic heterocycles. The van der Waals surface area contributed by atoms with Gasteiger partial charge in [0.25, 0.3) is 5.56 Å². The maximum atomic E-state index is 12.5. The van der Waals surface area contributed by atoms with Gasteiger partial charge in [-0.25, -0.2) is 4.98 Å². The number of carbonyl (C=O) groups excluding carboxylic acids is 1. The van der Waals surface area contributed by atoms with E-state index in [1.807, 2.05) is 0 Å². The van der Waals surface area contributed by atoms with Gasteiger partial charge in [-0.05, 0) is 44.6 Å². The van der Waals surface area contributed by atoms with Crippen LogP contribution in [0.2, 0.25) is 0 Å². The quantitative estimate of drug-likeness (QED) is 0.520. The number of rotatable bonds is 4. The van der Waals surface area contributed by atoms with E-state index in [4.69, 9.17) is 4.74 Å². The number of carbonyl (C=O) groups is 1. The number of aryl methyl sites for hydroxylation is 1. The fraction of sp³-hybridized carbons (Fsp3) is 0.562. The minimum atomic E-state index is -0.398. The molecule has 7 heteroatoms. The van der Waals surface area contributed by atoms with Gasteiger partial charge in [-0.15, -0.1) is 11.3 Å². The van der Waals surface area contributed by atoms with Gasteiger partial charge in [0.2, 0.25) is 0 Å². The van der Waals surface area contributed by atoms with Crippen molar-refractivity contribution >= 4 is 39.3 Å². The van der Waals surface area contributed by atoms with Crippen molar-refractivity contribution in [2.24, 2.45) is 5.92 Å². The second kappa shape index (κ2) is 6.65. The van der Waals surface area contributed by atoms with Gasteiger partial charge in [0.1, 0.15) is 10.1 Å². The molecule has 0 unspecified atom stereocenters. The van der Waals surface area contributed by atoms with Gasteiger partial charge in [-0.3, -0.25) is 9.59 Å². The molecule has 1 aliphatic rings. The summed E-state index contributed by atoms with van der Waals surface area (Å²) in [5.74, 6) is 0.367. The van der Waals surface area contributed by atoms with Crippen molar-refractivity contribution in [2.45, 2.75) is 50.4 Å². The van der Waals surface area contributed by atoms with Crippen LogP contribution in [0.1, 0.15) is 37.6 Å². The van der Waals surface area contributed by atoms with E-state index in [0.29, 0.717) is 17.7 Å². The first-order chi connectivity index (χ1) is 11.0. The Kier molecular flexibility index (Phi) is 4.77. The molecular formula is C16H20N2O3S2. The molecule has 0 fully saturated rings. The number of fused-ring (bicyclic) bond motifs is 3. The lowest BCUT2D eigenvalue weighted by molar-refractivity contribution is -0.142. The molecule has 3 rings (SSSR count). The summed E-state index contributed by atoms with van der Waals surface area (Å²) in [6.07, 6.45) is 3.10. The summed E-state index contributed by atoms with van der Waals surface area (Å²) in [6, 6.07) is 0. The molecule has 0 aliphatic heterocycles. The topological polar surface area (TPSA) is 72.0 Å². The predicted octanol–water partition coefficient (Wildman–Crippen LogP) is 3.15. The number of thiophene rings is 1. The zero-order valence-electron chi connectivity index (χ0n) is 13.5. The molecule has 1 N–H and O–H groups in total. The Labute approximate surface area is 142 Å². The summed E-state index contributed by atoms with van der Waals surface area (Å²) in [6.45, 7) is 6.13. The molecule has 0 aromatic carbocycles. The number of H-pyrrole nitrogens is 1.